The summed E-state index contributed by atoms with van der Waals surface area (Å²) >= 11 is 5.68. The van der Waals surface area contributed by atoms with Crippen molar-refractivity contribution < 1.29 is 13.6 Å². The highest BCUT2D eigenvalue weighted by molar-refractivity contribution is 6.30. The zero-order valence-corrected chi connectivity index (χ0v) is 11.7. The number of nitrogens with one attached hydrogen (secondary N) is 1. The van der Waals surface area contributed by atoms with Crippen LogP contribution in [0, 0.1) is 5.82 Å². The molecule has 0 fully saturated rings. The number of carbonyl (C=O) groups excluding carboxylic acids is 1. The lowest BCUT2D eigenvalue weighted by atomic mass is 10.2. The fraction of sp³-hybridized carbons (Fsp3) is 0.214. The lowest BCUT2D eigenvalue weighted by Crippen LogP contribution is -2.36. The summed E-state index contributed by atoms with van der Waals surface area (Å²) in [5.74, 6) is 0.226. The van der Waals surface area contributed by atoms with E-state index < -0.39 is 5.82 Å². The summed E-state index contributed by atoms with van der Waals surface area (Å²) in [6.45, 7) is 0.657. The maximum absolute atomic E-state index is 13.0. The minimum atomic E-state index is -0.475. The predicted octanol–water partition coefficient (Wildman–Crippen LogP) is 3.41. The highest BCUT2D eigenvalue weighted by Gasteiger charge is 2.10. The summed E-state index contributed by atoms with van der Waals surface area (Å²) in [5.41, 5.74) is 0.733. The van der Waals surface area contributed by atoms with E-state index in [-0.39, 0.29) is 17.6 Å². The third-order valence-electron chi connectivity index (χ3n) is 2.75. The predicted molar refractivity (Wildman–Crippen MR) is 73.8 cm³/mol. The molecule has 0 unspecified atom stereocenters. The molecule has 1 aromatic carbocycles. The number of amides is 2. The van der Waals surface area contributed by atoms with Gasteiger partial charge in [0.05, 0.1) is 17.8 Å². The van der Waals surface area contributed by atoms with Crippen molar-refractivity contribution in [3.05, 3.63) is 58.8 Å². The van der Waals surface area contributed by atoms with E-state index in [9.17, 15) is 9.18 Å². The first-order valence-corrected chi connectivity index (χ1v) is 6.39. The Hall–Kier alpha value is -2.01. The van der Waals surface area contributed by atoms with Crippen LogP contribution in [-0.4, -0.2) is 18.0 Å². The van der Waals surface area contributed by atoms with Gasteiger partial charge in [-0.1, -0.05) is 17.7 Å². The molecule has 1 heterocycles. The fourth-order valence-corrected chi connectivity index (χ4v) is 1.87. The number of hydrogen-bond donors (Lipinski definition) is 1. The van der Waals surface area contributed by atoms with E-state index in [0.29, 0.717) is 12.3 Å². The van der Waals surface area contributed by atoms with E-state index in [4.69, 9.17) is 16.0 Å². The molecule has 0 radical (unpaired) electrons. The summed E-state index contributed by atoms with van der Waals surface area (Å²) < 4.78 is 18.2. The van der Waals surface area contributed by atoms with Gasteiger partial charge in [-0.2, -0.15) is 0 Å². The Labute approximate surface area is 121 Å². The van der Waals surface area contributed by atoms with Crippen LogP contribution >= 0.6 is 11.6 Å². The quantitative estimate of drug-likeness (QED) is 0.939. The topological polar surface area (TPSA) is 45.5 Å². The van der Waals surface area contributed by atoms with Crippen molar-refractivity contribution in [3.63, 3.8) is 0 Å². The zero-order valence-electron chi connectivity index (χ0n) is 10.9. The number of rotatable bonds is 4. The van der Waals surface area contributed by atoms with Crippen LogP contribution in [0.4, 0.5) is 9.18 Å². The third-order valence-corrected chi connectivity index (χ3v) is 3.04. The minimum Gasteiger partial charge on any atom is -0.467 e. The molecule has 2 amide bonds. The molecule has 0 saturated heterocycles. The summed E-state index contributed by atoms with van der Waals surface area (Å²) in [5, 5.41) is 2.76. The Morgan fingerprint density at radius 1 is 1.45 bits per heavy atom. The Morgan fingerprint density at radius 2 is 2.25 bits per heavy atom. The molecule has 0 atom stereocenters. The van der Waals surface area contributed by atoms with Crippen molar-refractivity contribution in [2.45, 2.75) is 13.1 Å². The van der Waals surface area contributed by atoms with E-state index in [1.165, 1.54) is 17.0 Å². The first-order valence-electron chi connectivity index (χ1n) is 6.01. The van der Waals surface area contributed by atoms with Crippen molar-refractivity contribution in [2.75, 3.05) is 7.05 Å². The van der Waals surface area contributed by atoms with Gasteiger partial charge in [0.1, 0.15) is 11.6 Å². The summed E-state index contributed by atoms with van der Waals surface area (Å²) in [6.07, 6.45) is 1.56. The molecule has 2 rings (SSSR count). The molecule has 0 aliphatic carbocycles. The maximum atomic E-state index is 13.0. The van der Waals surface area contributed by atoms with E-state index in [0.717, 1.165) is 5.56 Å². The van der Waals surface area contributed by atoms with Crippen molar-refractivity contribution in [1.29, 1.82) is 0 Å². The largest absolute Gasteiger partial charge is 0.467 e. The van der Waals surface area contributed by atoms with Crippen LogP contribution in [0.3, 0.4) is 0 Å². The Kier molecular flexibility index (Phi) is 4.63. The van der Waals surface area contributed by atoms with E-state index >= 15 is 0 Å². The molecule has 0 spiro atoms. The van der Waals surface area contributed by atoms with Crippen molar-refractivity contribution in [3.8, 4) is 0 Å². The molecule has 6 heteroatoms. The second-order valence-corrected chi connectivity index (χ2v) is 4.75. The van der Waals surface area contributed by atoms with Gasteiger partial charge in [0.15, 0.2) is 0 Å². The van der Waals surface area contributed by atoms with Gasteiger partial charge in [-0.15, -0.1) is 0 Å². The molecule has 0 aliphatic rings. The lowest BCUT2D eigenvalue weighted by Gasteiger charge is -2.16. The summed E-state index contributed by atoms with van der Waals surface area (Å²) in [6, 6.07) is 7.65. The van der Waals surface area contributed by atoms with E-state index in [2.05, 4.69) is 5.32 Å². The highest BCUT2D eigenvalue weighted by Crippen LogP contribution is 2.15. The van der Waals surface area contributed by atoms with Gasteiger partial charge in [0, 0.05) is 13.6 Å². The molecule has 0 aliphatic heterocycles. The van der Waals surface area contributed by atoms with Gasteiger partial charge in [0.25, 0.3) is 0 Å². The molecule has 2 aromatic rings. The SMILES string of the molecule is CN(Cc1ccco1)C(=O)NCc1ccc(F)c(Cl)c1. The zero-order chi connectivity index (χ0) is 14.5. The van der Waals surface area contributed by atoms with Crippen molar-refractivity contribution >= 4 is 17.6 Å². The van der Waals surface area contributed by atoms with Crippen LogP contribution in [0.25, 0.3) is 0 Å². The van der Waals surface area contributed by atoms with E-state index in [1.807, 2.05) is 0 Å². The first-order chi connectivity index (χ1) is 9.56. The molecule has 0 saturated carbocycles. The first kappa shape index (κ1) is 14.4. The van der Waals surface area contributed by atoms with Gasteiger partial charge in [-0.3, -0.25) is 0 Å². The second-order valence-electron chi connectivity index (χ2n) is 4.34. The summed E-state index contributed by atoms with van der Waals surface area (Å²) in [4.78, 5) is 13.4. The monoisotopic (exact) mass is 296 g/mol. The molecular weight excluding hydrogens is 283 g/mol. The van der Waals surface area contributed by atoms with Crippen LogP contribution in [0.5, 0.6) is 0 Å². The van der Waals surface area contributed by atoms with Crippen LogP contribution in [0.1, 0.15) is 11.3 Å². The van der Waals surface area contributed by atoms with Gasteiger partial charge in [0.2, 0.25) is 0 Å². The van der Waals surface area contributed by atoms with Gasteiger partial charge in [-0.25, -0.2) is 9.18 Å². The van der Waals surface area contributed by atoms with Crippen LogP contribution in [0.2, 0.25) is 5.02 Å². The number of hydrogen-bond acceptors (Lipinski definition) is 2. The van der Waals surface area contributed by atoms with Crippen molar-refractivity contribution in [1.82, 2.24) is 10.2 Å². The number of furan rings is 1. The third kappa shape index (κ3) is 3.74. The van der Waals surface area contributed by atoms with Gasteiger partial charge >= 0.3 is 6.03 Å². The van der Waals surface area contributed by atoms with Gasteiger partial charge < -0.3 is 14.6 Å². The molecule has 1 N–H and O–H groups in total. The fourth-order valence-electron chi connectivity index (χ4n) is 1.67. The Balaban J connectivity index is 1.86. The number of benzene rings is 1. The second kappa shape index (κ2) is 6.43. The standard InChI is InChI=1S/C14H14ClFN2O2/c1-18(9-11-3-2-6-20-11)14(19)17-8-10-4-5-13(16)12(15)7-10/h2-7H,8-9H2,1H3,(H,17,19). The average molecular weight is 297 g/mol. The maximum Gasteiger partial charge on any atom is 0.317 e. The molecule has 20 heavy (non-hydrogen) atoms. The molecular formula is C14H14ClFN2O2. The van der Waals surface area contributed by atoms with Gasteiger partial charge in [-0.05, 0) is 29.8 Å². The summed E-state index contributed by atoms with van der Waals surface area (Å²) in [7, 11) is 1.66. The van der Waals surface area contributed by atoms with Crippen LogP contribution in [0.15, 0.2) is 41.0 Å². The number of carbonyl (C=O) groups is 1. The average Bonchev–Trinajstić information content (AvgIpc) is 2.92. The van der Waals surface area contributed by atoms with Crippen molar-refractivity contribution in [2.24, 2.45) is 0 Å². The number of urea groups is 1. The number of nitrogens with zero attached hydrogens (tertiary/aromatic N) is 1. The number of halogens is 2. The molecule has 0 bridgehead atoms. The minimum absolute atomic E-state index is 0.0423. The molecule has 1 aromatic heterocycles. The van der Waals surface area contributed by atoms with E-state index in [1.54, 1.807) is 31.5 Å². The van der Waals surface area contributed by atoms with Crippen LogP contribution in [-0.2, 0) is 13.1 Å². The Bertz CT molecular complexity index is 587. The lowest BCUT2D eigenvalue weighted by molar-refractivity contribution is 0.202. The normalized spacial score (nSPS) is 10.3. The molecule has 106 valence electrons. The smallest absolute Gasteiger partial charge is 0.317 e. The highest BCUT2D eigenvalue weighted by atomic mass is 35.5. The molecule has 4 nitrogen and oxygen atoms in total. The Morgan fingerprint density at radius 3 is 2.90 bits per heavy atom. The van der Waals surface area contributed by atoms with Crippen LogP contribution < -0.4 is 5.32 Å².